The minimum absolute atomic E-state index is 0.105. The number of carbonyl (C=O) groups excluding carboxylic acids is 1. The van der Waals surface area contributed by atoms with Crippen LogP contribution >= 0.6 is 0 Å². The highest BCUT2D eigenvalue weighted by Gasteiger charge is 2.15. The Bertz CT molecular complexity index is 1040. The molecule has 3 N–H and O–H groups in total. The highest BCUT2D eigenvalue weighted by molar-refractivity contribution is 7.89. The van der Waals surface area contributed by atoms with Gasteiger partial charge in [-0.1, -0.05) is 12.1 Å². The van der Waals surface area contributed by atoms with Gasteiger partial charge in [-0.25, -0.2) is 13.6 Å². The van der Waals surface area contributed by atoms with Crippen molar-refractivity contribution in [2.24, 2.45) is 5.14 Å². The summed E-state index contributed by atoms with van der Waals surface area (Å²) in [5.41, 5.74) is -0.264. The predicted octanol–water partition coefficient (Wildman–Crippen LogP) is 1.79. The molecule has 0 aliphatic rings. The van der Waals surface area contributed by atoms with Crippen molar-refractivity contribution >= 4 is 33.4 Å². The summed E-state index contributed by atoms with van der Waals surface area (Å²) in [5.74, 6) is -0.797. The van der Waals surface area contributed by atoms with Crippen molar-refractivity contribution in [2.45, 2.75) is 4.90 Å². The molecule has 2 rings (SSSR count). The van der Waals surface area contributed by atoms with Crippen LogP contribution in [0.25, 0.3) is 6.08 Å². The number of rotatable bonds is 5. The summed E-state index contributed by atoms with van der Waals surface area (Å²) < 4.78 is 22.4. The van der Waals surface area contributed by atoms with Crippen LogP contribution in [0.15, 0.2) is 59.0 Å². The normalized spacial score (nSPS) is 11.5. The van der Waals surface area contributed by atoms with E-state index < -0.39 is 20.9 Å². The van der Waals surface area contributed by atoms with Crippen LogP contribution in [0, 0.1) is 21.4 Å². The number of nitriles is 1. The zero-order chi connectivity index (χ0) is 19.3. The number of carbonyl (C=O) groups is 1. The van der Waals surface area contributed by atoms with Gasteiger partial charge in [0.05, 0.1) is 15.4 Å². The number of hydrogen-bond acceptors (Lipinski definition) is 6. The van der Waals surface area contributed by atoms with Gasteiger partial charge in [0.1, 0.15) is 11.6 Å². The van der Waals surface area contributed by atoms with Crippen LogP contribution in [0.1, 0.15) is 5.56 Å². The molecule has 0 aliphatic carbocycles. The van der Waals surface area contributed by atoms with Crippen molar-refractivity contribution < 1.29 is 18.1 Å². The Morgan fingerprint density at radius 3 is 2.35 bits per heavy atom. The number of nitrogens with one attached hydrogen (secondary N) is 1. The van der Waals surface area contributed by atoms with Crippen molar-refractivity contribution in [2.75, 3.05) is 5.32 Å². The molecule has 9 nitrogen and oxygen atoms in total. The lowest BCUT2D eigenvalue weighted by Crippen LogP contribution is -2.14. The van der Waals surface area contributed by atoms with Crippen molar-refractivity contribution in [1.29, 1.82) is 5.26 Å². The monoisotopic (exact) mass is 372 g/mol. The fraction of sp³-hybridized carbons (Fsp3) is 0. The molecule has 0 saturated carbocycles. The van der Waals surface area contributed by atoms with E-state index in [4.69, 9.17) is 5.14 Å². The molecule has 0 aliphatic heterocycles. The van der Waals surface area contributed by atoms with Crippen LogP contribution in [-0.4, -0.2) is 19.2 Å². The van der Waals surface area contributed by atoms with E-state index in [9.17, 15) is 28.6 Å². The molecule has 0 atom stereocenters. The molecule has 132 valence electrons. The number of hydrogen-bond donors (Lipinski definition) is 2. The number of nitro groups is 1. The summed E-state index contributed by atoms with van der Waals surface area (Å²) in [6.45, 7) is 0. The fourth-order valence-electron chi connectivity index (χ4n) is 2.01. The second-order valence-electron chi connectivity index (χ2n) is 5.01. The Labute approximate surface area is 148 Å². The van der Waals surface area contributed by atoms with Crippen LogP contribution in [-0.2, 0) is 14.8 Å². The lowest BCUT2D eigenvalue weighted by atomic mass is 10.1. The Morgan fingerprint density at radius 1 is 1.19 bits per heavy atom. The van der Waals surface area contributed by atoms with Gasteiger partial charge in [-0.15, -0.1) is 0 Å². The zero-order valence-electron chi connectivity index (χ0n) is 13.1. The Kier molecular flexibility index (Phi) is 5.46. The maximum Gasteiger partial charge on any atom is 0.276 e. The van der Waals surface area contributed by atoms with Gasteiger partial charge in [0, 0.05) is 11.8 Å². The molecule has 10 heteroatoms. The van der Waals surface area contributed by atoms with E-state index in [0.717, 1.165) is 6.08 Å². The number of sulfonamides is 1. The second kappa shape index (κ2) is 7.56. The summed E-state index contributed by atoms with van der Waals surface area (Å²) in [7, 11) is -3.86. The third-order valence-corrected chi connectivity index (χ3v) is 4.17. The van der Waals surface area contributed by atoms with Gasteiger partial charge >= 0.3 is 0 Å². The Hall–Kier alpha value is -3.55. The first-order valence-electron chi connectivity index (χ1n) is 7.02. The topological polar surface area (TPSA) is 156 Å². The van der Waals surface area contributed by atoms with E-state index in [1.807, 2.05) is 0 Å². The number of para-hydroxylation sites is 1. The summed E-state index contributed by atoms with van der Waals surface area (Å²) >= 11 is 0. The SMILES string of the molecule is N#CC(=Cc1ccccc1[N+](=O)[O-])C(=O)Nc1ccc(S(N)(=O)=O)cc1. The quantitative estimate of drug-likeness (QED) is 0.352. The lowest BCUT2D eigenvalue weighted by Gasteiger charge is -2.05. The summed E-state index contributed by atoms with van der Waals surface area (Å²) in [6, 6.07) is 12.4. The van der Waals surface area contributed by atoms with Crippen LogP contribution in [0.5, 0.6) is 0 Å². The summed E-state index contributed by atoms with van der Waals surface area (Å²) in [6.07, 6.45) is 1.10. The minimum atomic E-state index is -3.86. The first-order valence-corrected chi connectivity index (χ1v) is 8.56. The van der Waals surface area contributed by atoms with Gasteiger partial charge in [0.2, 0.25) is 10.0 Å². The minimum Gasteiger partial charge on any atom is -0.321 e. The van der Waals surface area contributed by atoms with Crippen LogP contribution in [0.3, 0.4) is 0 Å². The number of benzene rings is 2. The lowest BCUT2D eigenvalue weighted by molar-refractivity contribution is -0.385. The molecule has 1 amide bonds. The average Bonchev–Trinajstić information content (AvgIpc) is 2.59. The summed E-state index contributed by atoms with van der Waals surface area (Å²) in [5, 5.41) is 27.6. The van der Waals surface area contributed by atoms with Gasteiger partial charge < -0.3 is 5.32 Å². The number of nitrogens with two attached hydrogens (primary N) is 1. The largest absolute Gasteiger partial charge is 0.321 e. The number of nitro benzene ring substituents is 1. The molecule has 0 spiro atoms. The van der Waals surface area contributed by atoms with Crippen molar-refractivity contribution in [3.8, 4) is 6.07 Å². The third kappa shape index (κ3) is 4.50. The van der Waals surface area contributed by atoms with Crippen LogP contribution < -0.4 is 10.5 Å². The molecule has 0 radical (unpaired) electrons. The molecule has 0 aromatic heterocycles. The predicted molar refractivity (Wildman–Crippen MR) is 93.1 cm³/mol. The van der Waals surface area contributed by atoms with Crippen molar-refractivity contribution in [1.82, 2.24) is 0 Å². The first kappa shape index (κ1) is 18.8. The van der Waals surface area contributed by atoms with Gasteiger partial charge in [0.25, 0.3) is 11.6 Å². The van der Waals surface area contributed by atoms with Crippen LogP contribution in [0.4, 0.5) is 11.4 Å². The number of primary sulfonamides is 1. The van der Waals surface area contributed by atoms with E-state index in [0.29, 0.717) is 0 Å². The van der Waals surface area contributed by atoms with Gasteiger partial charge in [-0.3, -0.25) is 14.9 Å². The van der Waals surface area contributed by atoms with Crippen LogP contribution in [0.2, 0.25) is 0 Å². The molecule has 0 unspecified atom stereocenters. The van der Waals surface area contributed by atoms with Gasteiger partial charge in [-0.2, -0.15) is 5.26 Å². The number of nitrogens with zero attached hydrogens (tertiary/aromatic N) is 2. The standard InChI is InChI=1S/C16H12N4O5S/c17-10-12(9-11-3-1-2-4-15(11)20(22)23)16(21)19-13-5-7-14(8-6-13)26(18,24)25/h1-9H,(H,19,21)(H2,18,24,25). The van der Waals surface area contributed by atoms with E-state index in [-0.39, 0.29) is 27.4 Å². The maximum atomic E-state index is 12.2. The Balaban J connectivity index is 2.27. The fourth-order valence-corrected chi connectivity index (χ4v) is 2.52. The van der Waals surface area contributed by atoms with E-state index >= 15 is 0 Å². The average molecular weight is 372 g/mol. The zero-order valence-corrected chi connectivity index (χ0v) is 13.9. The van der Waals surface area contributed by atoms with Crippen molar-refractivity contribution in [3.63, 3.8) is 0 Å². The maximum absolute atomic E-state index is 12.2. The molecule has 2 aromatic rings. The molecule has 0 bridgehead atoms. The first-order chi connectivity index (χ1) is 12.2. The highest BCUT2D eigenvalue weighted by atomic mass is 32.2. The molecule has 0 saturated heterocycles. The third-order valence-electron chi connectivity index (χ3n) is 3.24. The van der Waals surface area contributed by atoms with Crippen molar-refractivity contribution in [3.05, 3.63) is 69.8 Å². The molecule has 26 heavy (non-hydrogen) atoms. The number of anilines is 1. The smallest absolute Gasteiger partial charge is 0.276 e. The van der Waals surface area contributed by atoms with Gasteiger partial charge in [-0.05, 0) is 36.4 Å². The molecular weight excluding hydrogens is 360 g/mol. The number of amides is 1. The molecule has 0 fully saturated rings. The van der Waals surface area contributed by atoms with E-state index in [1.54, 1.807) is 6.07 Å². The molecule has 0 heterocycles. The molecular formula is C16H12N4O5S. The summed E-state index contributed by atoms with van der Waals surface area (Å²) in [4.78, 5) is 22.4. The van der Waals surface area contributed by atoms with E-state index in [2.05, 4.69) is 5.32 Å². The second-order valence-corrected chi connectivity index (χ2v) is 6.57. The Morgan fingerprint density at radius 2 is 1.81 bits per heavy atom. The molecule has 2 aromatic carbocycles. The van der Waals surface area contributed by atoms with Gasteiger partial charge in [0.15, 0.2) is 0 Å². The van der Waals surface area contributed by atoms with E-state index in [1.165, 1.54) is 48.5 Å². The highest BCUT2D eigenvalue weighted by Crippen LogP contribution is 2.21.